The molecule has 2 aromatic carbocycles. The molecular formula is C16H12N2O2. The van der Waals surface area contributed by atoms with Crippen LogP contribution in [0.1, 0.15) is 11.1 Å². The molecule has 20 heavy (non-hydrogen) atoms. The van der Waals surface area contributed by atoms with Crippen LogP contribution in [0.25, 0.3) is 0 Å². The van der Waals surface area contributed by atoms with Gasteiger partial charge in [0.15, 0.2) is 0 Å². The van der Waals surface area contributed by atoms with Gasteiger partial charge in [0.2, 0.25) is 0 Å². The quantitative estimate of drug-likeness (QED) is 0.791. The van der Waals surface area contributed by atoms with Crippen molar-refractivity contribution >= 4 is 23.2 Å². The highest BCUT2D eigenvalue weighted by Gasteiger charge is 2.22. The lowest BCUT2D eigenvalue weighted by molar-refractivity contribution is 0.256. The Morgan fingerprint density at radius 1 is 0.650 bits per heavy atom. The van der Waals surface area contributed by atoms with Crippen LogP contribution in [0.4, 0.5) is 11.4 Å². The molecule has 2 aliphatic rings. The van der Waals surface area contributed by atoms with Crippen molar-refractivity contribution in [1.82, 2.24) is 0 Å². The average Bonchev–Trinajstić information content (AvgIpc) is 2.54. The summed E-state index contributed by atoms with van der Waals surface area (Å²) in [5.74, 6) is 0.913. The molecule has 2 aliphatic heterocycles. The van der Waals surface area contributed by atoms with Crippen molar-refractivity contribution in [2.45, 2.75) is 13.2 Å². The van der Waals surface area contributed by atoms with Crippen LogP contribution in [0, 0.1) is 0 Å². The number of fused-ring (bicyclic) bond motifs is 2. The molecule has 0 saturated heterocycles. The van der Waals surface area contributed by atoms with Gasteiger partial charge in [0, 0.05) is 11.1 Å². The van der Waals surface area contributed by atoms with Gasteiger partial charge in [0.25, 0.3) is 11.8 Å². The van der Waals surface area contributed by atoms with Crippen molar-refractivity contribution in [3.8, 4) is 0 Å². The van der Waals surface area contributed by atoms with E-state index in [1.165, 1.54) is 0 Å². The van der Waals surface area contributed by atoms with Gasteiger partial charge < -0.3 is 9.47 Å². The van der Waals surface area contributed by atoms with E-state index in [0.29, 0.717) is 25.0 Å². The number of ether oxygens (including phenoxy) is 2. The van der Waals surface area contributed by atoms with Crippen LogP contribution >= 0.6 is 0 Å². The molecule has 98 valence electrons. The lowest BCUT2D eigenvalue weighted by atomic mass is 10.1. The number of aliphatic imine (C=N–C) groups is 2. The number of rotatable bonds is 1. The minimum Gasteiger partial charge on any atom is -0.469 e. The van der Waals surface area contributed by atoms with Gasteiger partial charge in [-0.2, -0.15) is 0 Å². The van der Waals surface area contributed by atoms with E-state index in [4.69, 9.17) is 9.47 Å². The zero-order valence-corrected chi connectivity index (χ0v) is 10.7. The van der Waals surface area contributed by atoms with Crippen molar-refractivity contribution in [3.63, 3.8) is 0 Å². The molecule has 2 aromatic rings. The molecule has 0 fully saturated rings. The summed E-state index contributed by atoms with van der Waals surface area (Å²) >= 11 is 0. The summed E-state index contributed by atoms with van der Waals surface area (Å²) in [6, 6.07) is 15.8. The standard InChI is InChI=1S/C16H12N2O2/c1-3-7-13-11(5-1)9-19-15(17-13)16-18-14-8-4-2-6-12(14)10-20-16/h1-8H,9-10H2. The molecule has 0 radical (unpaired) electrons. The van der Waals surface area contributed by atoms with E-state index in [1.54, 1.807) is 0 Å². The van der Waals surface area contributed by atoms with E-state index >= 15 is 0 Å². The summed E-state index contributed by atoms with van der Waals surface area (Å²) in [7, 11) is 0. The van der Waals surface area contributed by atoms with E-state index in [1.807, 2.05) is 48.5 Å². The van der Waals surface area contributed by atoms with Gasteiger partial charge in [0.1, 0.15) is 13.2 Å². The highest BCUT2D eigenvalue weighted by atomic mass is 16.5. The first-order chi connectivity index (χ1) is 9.90. The van der Waals surface area contributed by atoms with Crippen molar-refractivity contribution in [3.05, 3.63) is 59.7 Å². The molecule has 0 atom stereocenters. The molecule has 0 bridgehead atoms. The van der Waals surface area contributed by atoms with Crippen LogP contribution in [0.3, 0.4) is 0 Å². The molecule has 0 saturated carbocycles. The van der Waals surface area contributed by atoms with Gasteiger partial charge in [0.05, 0.1) is 11.4 Å². The number of hydrogen-bond donors (Lipinski definition) is 0. The molecule has 0 spiro atoms. The second-order valence-electron chi connectivity index (χ2n) is 4.67. The lowest BCUT2D eigenvalue weighted by Gasteiger charge is -2.21. The van der Waals surface area contributed by atoms with Gasteiger partial charge >= 0.3 is 0 Å². The minimum absolute atomic E-state index is 0.457. The van der Waals surface area contributed by atoms with E-state index < -0.39 is 0 Å². The largest absolute Gasteiger partial charge is 0.469 e. The molecule has 4 nitrogen and oxygen atoms in total. The number of para-hydroxylation sites is 2. The third-order valence-electron chi connectivity index (χ3n) is 3.34. The predicted octanol–water partition coefficient (Wildman–Crippen LogP) is 3.51. The molecule has 4 rings (SSSR count). The Balaban J connectivity index is 1.74. The van der Waals surface area contributed by atoms with Crippen molar-refractivity contribution in [2.24, 2.45) is 9.98 Å². The first-order valence-electron chi connectivity index (χ1n) is 6.49. The fraction of sp³-hybridized carbons (Fsp3) is 0.125. The van der Waals surface area contributed by atoms with Crippen LogP contribution in [-0.4, -0.2) is 11.8 Å². The number of benzene rings is 2. The lowest BCUT2D eigenvalue weighted by Crippen LogP contribution is -2.24. The Morgan fingerprint density at radius 2 is 1.10 bits per heavy atom. The monoisotopic (exact) mass is 264 g/mol. The highest BCUT2D eigenvalue weighted by Crippen LogP contribution is 2.28. The minimum atomic E-state index is 0.457. The maximum absolute atomic E-state index is 5.65. The average molecular weight is 264 g/mol. The Kier molecular flexibility index (Phi) is 2.52. The van der Waals surface area contributed by atoms with Gasteiger partial charge in [-0.1, -0.05) is 36.4 Å². The summed E-state index contributed by atoms with van der Waals surface area (Å²) in [6.45, 7) is 0.998. The Morgan fingerprint density at radius 3 is 1.60 bits per heavy atom. The zero-order valence-electron chi connectivity index (χ0n) is 10.7. The van der Waals surface area contributed by atoms with E-state index in [0.717, 1.165) is 22.5 Å². The highest BCUT2D eigenvalue weighted by molar-refractivity contribution is 6.36. The summed E-state index contributed by atoms with van der Waals surface area (Å²) in [5, 5.41) is 0. The summed E-state index contributed by atoms with van der Waals surface area (Å²) in [4.78, 5) is 8.96. The van der Waals surface area contributed by atoms with Crippen molar-refractivity contribution < 1.29 is 9.47 Å². The van der Waals surface area contributed by atoms with E-state index in [-0.39, 0.29) is 0 Å². The third kappa shape index (κ3) is 1.86. The van der Waals surface area contributed by atoms with Gasteiger partial charge in [-0.3, -0.25) is 0 Å². The van der Waals surface area contributed by atoms with Gasteiger partial charge in [-0.25, -0.2) is 9.98 Å². The fourth-order valence-corrected chi connectivity index (χ4v) is 2.28. The Hall–Kier alpha value is -2.62. The smallest absolute Gasteiger partial charge is 0.278 e. The normalized spacial score (nSPS) is 16.0. The molecular weight excluding hydrogens is 252 g/mol. The molecule has 0 aliphatic carbocycles. The van der Waals surface area contributed by atoms with Crippen LogP contribution in [0.2, 0.25) is 0 Å². The summed E-state index contributed by atoms with van der Waals surface area (Å²) < 4.78 is 11.3. The van der Waals surface area contributed by atoms with Gasteiger partial charge in [-0.15, -0.1) is 0 Å². The van der Waals surface area contributed by atoms with Crippen LogP contribution in [0.5, 0.6) is 0 Å². The maximum atomic E-state index is 5.65. The summed E-state index contributed by atoms with van der Waals surface area (Å²) in [5.41, 5.74) is 3.99. The fourth-order valence-electron chi connectivity index (χ4n) is 2.28. The number of hydrogen-bond acceptors (Lipinski definition) is 4. The molecule has 0 N–H and O–H groups in total. The maximum Gasteiger partial charge on any atom is 0.278 e. The van der Waals surface area contributed by atoms with Crippen LogP contribution in [0.15, 0.2) is 58.5 Å². The third-order valence-corrected chi connectivity index (χ3v) is 3.34. The SMILES string of the molecule is c1ccc2c(c1)COC(C1=Nc3ccccc3CO1)=N2. The molecule has 2 heterocycles. The predicted molar refractivity (Wildman–Crippen MR) is 76.7 cm³/mol. The van der Waals surface area contributed by atoms with Crippen molar-refractivity contribution in [1.29, 1.82) is 0 Å². The Bertz CT molecular complexity index is 671. The zero-order chi connectivity index (χ0) is 13.4. The number of nitrogens with zero attached hydrogens (tertiary/aromatic N) is 2. The molecule has 0 amide bonds. The van der Waals surface area contributed by atoms with Crippen LogP contribution in [-0.2, 0) is 22.7 Å². The van der Waals surface area contributed by atoms with Crippen LogP contribution < -0.4 is 0 Å². The Labute approximate surface area is 116 Å². The first kappa shape index (κ1) is 11.2. The van der Waals surface area contributed by atoms with E-state index in [2.05, 4.69) is 9.98 Å². The second-order valence-corrected chi connectivity index (χ2v) is 4.67. The molecule has 0 aromatic heterocycles. The van der Waals surface area contributed by atoms with E-state index in [9.17, 15) is 0 Å². The summed E-state index contributed by atoms with van der Waals surface area (Å²) in [6.07, 6.45) is 0. The van der Waals surface area contributed by atoms with Gasteiger partial charge in [-0.05, 0) is 12.1 Å². The topological polar surface area (TPSA) is 43.2 Å². The molecule has 4 heteroatoms. The second kappa shape index (κ2) is 4.49. The molecule has 0 unspecified atom stereocenters. The first-order valence-corrected chi connectivity index (χ1v) is 6.49. The van der Waals surface area contributed by atoms with Crippen molar-refractivity contribution in [2.75, 3.05) is 0 Å².